The van der Waals surface area contributed by atoms with Crippen LogP contribution in [0.3, 0.4) is 0 Å². The van der Waals surface area contributed by atoms with E-state index in [4.69, 9.17) is 16.4 Å². The zero-order chi connectivity index (χ0) is 18.9. The molecule has 0 heterocycles. The largest absolute Gasteiger partial charge is 0.435 e. The number of hydrogen-bond acceptors (Lipinski definition) is 4. The van der Waals surface area contributed by atoms with Crippen LogP contribution >= 0.6 is 11.6 Å². The van der Waals surface area contributed by atoms with Gasteiger partial charge in [0.1, 0.15) is 5.75 Å². The van der Waals surface area contributed by atoms with E-state index >= 15 is 0 Å². The molecule has 2 aromatic rings. The van der Waals surface area contributed by atoms with Gasteiger partial charge in [-0.2, -0.15) is 8.78 Å². The average molecular weight is 383 g/mol. The highest BCUT2D eigenvalue weighted by atomic mass is 35.5. The SMILES string of the molecule is CC(NC(=O)CO/N=C/c1ccc(OC(F)F)cc1)c1cccc(Cl)c1. The fourth-order valence-electron chi connectivity index (χ4n) is 2.07. The summed E-state index contributed by atoms with van der Waals surface area (Å²) in [6.07, 6.45) is 1.36. The highest BCUT2D eigenvalue weighted by Crippen LogP contribution is 2.17. The van der Waals surface area contributed by atoms with E-state index in [0.29, 0.717) is 10.6 Å². The fourth-order valence-corrected chi connectivity index (χ4v) is 2.27. The van der Waals surface area contributed by atoms with Crippen molar-refractivity contribution >= 4 is 23.7 Å². The van der Waals surface area contributed by atoms with Gasteiger partial charge in [0.05, 0.1) is 12.3 Å². The molecule has 1 atom stereocenters. The van der Waals surface area contributed by atoms with Crippen LogP contribution in [0.5, 0.6) is 5.75 Å². The Morgan fingerprint density at radius 2 is 2.00 bits per heavy atom. The van der Waals surface area contributed by atoms with E-state index in [1.807, 2.05) is 13.0 Å². The summed E-state index contributed by atoms with van der Waals surface area (Å²) < 4.78 is 28.3. The zero-order valence-corrected chi connectivity index (χ0v) is 14.6. The van der Waals surface area contributed by atoms with Crippen LogP contribution in [0.15, 0.2) is 53.7 Å². The van der Waals surface area contributed by atoms with Crippen molar-refractivity contribution in [2.24, 2.45) is 5.16 Å². The molecule has 0 fully saturated rings. The third-order valence-electron chi connectivity index (χ3n) is 3.30. The molecular weight excluding hydrogens is 366 g/mol. The van der Waals surface area contributed by atoms with E-state index in [-0.39, 0.29) is 24.3 Å². The molecule has 138 valence electrons. The lowest BCUT2D eigenvalue weighted by molar-refractivity contribution is -0.126. The number of nitrogens with zero attached hydrogens (tertiary/aromatic N) is 1. The number of hydrogen-bond donors (Lipinski definition) is 1. The molecule has 0 bridgehead atoms. The van der Waals surface area contributed by atoms with Crippen molar-refractivity contribution in [3.05, 3.63) is 64.7 Å². The molecule has 5 nitrogen and oxygen atoms in total. The van der Waals surface area contributed by atoms with E-state index in [1.165, 1.54) is 30.5 Å². The first-order valence-corrected chi connectivity index (χ1v) is 8.07. The third kappa shape index (κ3) is 6.68. The summed E-state index contributed by atoms with van der Waals surface area (Å²) in [6.45, 7) is -1.30. The Bertz CT molecular complexity index is 754. The second-order valence-corrected chi connectivity index (χ2v) is 5.74. The monoisotopic (exact) mass is 382 g/mol. The van der Waals surface area contributed by atoms with Gasteiger partial charge in [-0.05, 0) is 54.4 Å². The van der Waals surface area contributed by atoms with Gasteiger partial charge in [-0.1, -0.05) is 28.9 Å². The first-order chi connectivity index (χ1) is 12.4. The smallest absolute Gasteiger partial charge is 0.387 e. The van der Waals surface area contributed by atoms with Gasteiger partial charge >= 0.3 is 6.61 Å². The van der Waals surface area contributed by atoms with Gasteiger partial charge in [-0.25, -0.2) is 0 Å². The number of amides is 1. The van der Waals surface area contributed by atoms with Crippen LogP contribution in [0.25, 0.3) is 0 Å². The van der Waals surface area contributed by atoms with Crippen LogP contribution in [-0.2, 0) is 9.63 Å². The van der Waals surface area contributed by atoms with Gasteiger partial charge in [0.15, 0.2) is 6.61 Å². The quantitative estimate of drug-likeness (QED) is 0.550. The lowest BCUT2D eigenvalue weighted by Crippen LogP contribution is -2.29. The van der Waals surface area contributed by atoms with Crippen LogP contribution in [-0.4, -0.2) is 25.3 Å². The van der Waals surface area contributed by atoms with Crippen LogP contribution < -0.4 is 10.1 Å². The molecule has 2 rings (SSSR count). The Labute approximate surface area is 154 Å². The zero-order valence-electron chi connectivity index (χ0n) is 13.9. The molecule has 1 amide bonds. The fraction of sp³-hybridized carbons (Fsp3) is 0.222. The molecule has 0 aliphatic heterocycles. The van der Waals surface area contributed by atoms with Gasteiger partial charge in [0, 0.05) is 5.02 Å². The lowest BCUT2D eigenvalue weighted by Gasteiger charge is -2.14. The molecule has 1 N–H and O–H groups in total. The van der Waals surface area contributed by atoms with Gasteiger partial charge in [0.25, 0.3) is 5.91 Å². The number of nitrogens with one attached hydrogen (secondary N) is 1. The molecule has 0 saturated carbocycles. The summed E-state index contributed by atoms with van der Waals surface area (Å²) in [5.74, 6) is -0.289. The maximum atomic E-state index is 12.1. The molecule has 0 aliphatic rings. The summed E-state index contributed by atoms with van der Waals surface area (Å²) >= 11 is 5.92. The average Bonchev–Trinajstić information content (AvgIpc) is 2.59. The van der Waals surface area contributed by atoms with Crippen LogP contribution in [0, 0.1) is 0 Å². The van der Waals surface area contributed by atoms with Crippen molar-refractivity contribution in [3.8, 4) is 5.75 Å². The van der Waals surface area contributed by atoms with E-state index in [1.54, 1.807) is 18.2 Å². The number of carbonyl (C=O) groups excluding carboxylic acids is 1. The Balaban J connectivity index is 1.76. The molecule has 1 unspecified atom stereocenters. The van der Waals surface area contributed by atoms with E-state index in [2.05, 4.69) is 15.2 Å². The van der Waals surface area contributed by atoms with Crippen molar-refractivity contribution in [1.82, 2.24) is 5.32 Å². The maximum Gasteiger partial charge on any atom is 0.387 e. The van der Waals surface area contributed by atoms with E-state index in [9.17, 15) is 13.6 Å². The number of ether oxygens (including phenoxy) is 1. The Morgan fingerprint density at radius 3 is 2.65 bits per heavy atom. The number of oxime groups is 1. The van der Waals surface area contributed by atoms with Crippen LogP contribution in [0.4, 0.5) is 8.78 Å². The van der Waals surface area contributed by atoms with Crippen LogP contribution in [0.2, 0.25) is 5.02 Å². The molecule has 8 heteroatoms. The maximum absolute atomic E-state index is 12.1. The predicted octanol–water partition coefficient (Wildman–Crippen LogP) is 4.17. The van der Waals surface area contributed by atoms with Gasteiger partial charge in [-0.15, -0.1) is 0 Å². The van der Waals surface area contributed by atoms with Crippen molar-refractivity contribution < 1.29 is 23.1 Å². The molecule has 0 saturated heterocycles. The Morgan fingerprint density at radius 1 is 1.27 bits per heavy atom. The van der Waals surface area contributed by atoms with Crippen molar-refractivity contribution in [2.75, 3.05) is 6.61 Å². The summed E-state index contributed by atoms with van der Waals surface area (Å²) in [5, 5.41) is 7.03. The second kappa shape index (κ2) is 9.72. The van der Waals surface area contributed by atoms with Crippen LogP contribution in [0.1, 0.15) is 24.1 Å². The summed E-state index contributed by atoms with van der Waals surface area (Å²) in [5.41, 5.74) is 1.49. The highest BCUT2D eigenvalue weighted by Gasteiger charge is 2.10. The van der Waals surface area contributed by atoms with Gasteiger partial charge in [-0.3, -0.25) is 4.79 Å². The molecule has 26 heavy (non-hydrogen) atoms. The number of halogens is 3. The molecular formula is C18H17ClF2N2O3. The first kappa shape index (κ1) is 19.7. The molecule has 0 aromatic heterocycles. The summed E-state index contributed by atoms with van der Waals surface area (Å²) in [6, 6.07) is 12.8. The first-order valence-electron chi connectivity index (χ1n) is 7.69. The van der Waals surface area contributed by atoms with Gasteiger partial charge < -0.3 is 14.9 Å². The van der Waals surface area contributed by atoms with Gasteiger partial charge in [0.2, 0.25) is 0 Å². The molecule has 0 spiro atoms. The minimum Gasteiger partial charge on any atom is -0.435 e. The summed E-state index contributed by atoms with van der Waals surface area (Å²) in [4.78, 5) is 16.8. The predicted molar refractivity (Wildman–Crippen MR) is 94.6 cm³/mol. The number of rotatable bonds is 8. The van der Waals surface area contributed by atoms with E-state index in [0.717, 1.165) is 5.56 Å². The van der Waals surface area contributed by atoms with Crippen molar-refractivity contribution in [1.29, 1.82) is 0 Å². The minimum absolute atomic E-state index is 0.0486. The number of alkyl halides is 2. The standard InChI is InChI=1S/C18H17ClF2N2O3/c1-12(14-3-2-4-15(19)9-14)23-17(24)11-25-22-10-13-5-7-16(8-6-13)26-18(20)21/h2-10,12,18H,11H2,1H3,(H,23,24)/b22-10+. The molecule has 0 radical (unpaired) electrons. The number of carbonyl (C=O) groups is 1. The molecule has 2 aromatic carbocycles. The topological polar surface area (TPSA) is 59.9 Å². The highest BCUT2D eigenvalue weighted by molar-refractivity contribution is 6.30. The second-order valence-electron chi connectivity index (χ2n) is 5.30. The van der Waals surface area contributed by atoms with Crippen molar-refractivity contribution in [3.63, 3.8) is 0 Å². The molecule has 0 aliphatic carbocycles. The Kier molecular flexibility index (Phi) is 7.35. The lowest BCUT2D eigenvalue weighted by atomic mass is 10.1. The van der Waals surface area contributed by atoms with E-state index < -0.39 is 6.61 Å². The minimum atomic E-state index is -2.87. The van der Waals surface area contributed by atoms with Crippen molar-refractivity contribution in [2.45, 2.75) is 19.6 Å². The normalized spacial score (nSPS) is 12.2. The Hall–Kier alpha value is -2.67. The summed E-state index contributed by atoms with van der Waals surface area (Å²) in [7, 11) is 0. The third-order valence-corrected chi connectivity index (χ3v) is 3.54. The number of benzene rings is 2.